The van der Waals surface area contributed by atoms with E-state index in [9.17, 15) is 0 Å². The first-order valence-corrected chi connectivity index (χ1v) is 7.86. The molecule has 0 aliphatic carbocycles. The van der Waals surface area contributed by atoms with E-state index >= 15 is 0 Å². The number of nitrogens with zero attached hydrogens (tertiary/aromatic N) is 2. The number of hydrogen-bond acceptors (Lipinski definition) is 4. The quantitative estimate of drug-likeness (QED) is 0.873. The minimum absolute atomic E-state index is 0.0268. The third-order valence-corrected chi connectivity index (χ3v) is 3.75. The molecule has 0 aliphatic rings. The Morgan fingerprint density at radius 3 is 2.05 bits per heavy atom. The number of hydrogen-bond donors (Lipinski definition) is 1. The first-order chi connectivity index (χ1) is 9.70. The summed E-state index contributed by atoms with van der Waals surface area (Å²) in [5.41, 5.74) is 9.03. The lowest BCUT2D eigenvalue weighted by Crippen LogP contribution is -2.25. The lowest BCUT2D eigenvalue weighted by molar-refractivity contribution is -0.0193. The second-order valence-corrected chi connectivity index (χ2v) is 6.98. The maximum absolute atomic E-state index is 5.90. The van der Waals surface area contributed by atoms with E-state index in [1.54, 1.807) is 0 Å². The Kier molecular flexibility index (Phi) is 6.29. The summed E-state index contributed by atoms with van der Waals surface area (Å²) in [6.07, 6.45) is 0.851. The van der Waals surface area contributed by atoms with Gasteiger partial charge in [0, 0.05) is 18.0 Å². The first-order valence-electron chi connectivity index (χ1n) is 7.86. The van der Waals surface area contributed by atoms with Crippen molar-refractivity contribution in [2.45, 2.75) is 61.0 Å². The summed E-state index contributed by atoms with van der Waals surface area (Å²) in [5, 5.41) is 0. The molecule has 0 saturated carbocycles. The van der Waals surface area contributed by atoms with E-state index in [0.29, 0.717) is 19.1 Å². The Morgan fingerprint density at radius 1 is 1.14 bits per heavy atom. The Labute approximate surface area is 129 Å². The van der Waals surface area contributed by atoms with Crippen LogP contribution in [-0.4, -0.2) is 23.1 Å². The Morgan fingerprint density at radius 2 is 1.67 bits per heavy atom. The smallest absolute Gasteiger partial charge is 0.158 e. The molecule has 120 valence electrons. The highest BCUT2D eigenvalue weighted by atomic mass is 16.5. The molecule has 21 heavy (non-hydrogen) atoms. The van der Waals surface area contributed by atoms with E-state index in [2.05, 4.69) is 41.5 Å². The van der Waals surface area contributed by atoms with Gasteiger partial charge in [-0.3, -0.25) is 0 Å². The van der Waals surface area contributed by atoms with Gasteiger partial charge in [0.05, 0.1) is 0 Å². The van der Waals surface area contributed by atoms with Crippen molar-refractivity contribution in [3.05, 3.63) is 22.8 Å². The summed E-state index contributed by atoms with van der Waals surface area (Å²) < 4.78 is 5.90. The average molecular weight is 293 g/mol. The van der Waals surface area contributed by atoms with Gasteiger partial charge in [-0.15, -0.1) is 0 Å². The van der Waals surface area contributed by atoms with Gasteiger partial charge in [0.2, 0.25) is 0 Å². The maximum Gasteiger partial charge on any atom is 0.158 e. The number of nitrogens with two attached hydrogens (primary N) is 1. The lowest BCUT2D eigenvalue weighted by Gasteiger charge is -2.30. The predicted octanol–water partition coefficient (Wildman–Crippen LogP) is 3.35. The molecule has 0 amide bonds. The minimum atomic E-state index is -0.0825. The van der Waals surface area contributed by atoms with Crippen molar-refractivity contribution in [1.82, 2.24) is 9.97 Å². The normalized spacial score (nSPS) is 15.0. The van der Waals surface area contributed by atoms with Crippen molar-refractivity contribution in [2.24, 2.45) is 17.1 Å². The monoisotopic (exact) mass is 293 g/mol. The van der Waals surface area contributed by atoms with E-state index < -0.39 is 0 Å². The van der Waals surface area contributed by atoms with Gasteiger partial charge in [0.1, 0.15) is 6.10 Å². The molecule has 0 spiro atoms. The SMILES string of the molecule is CCOC(c1nc(C)c(CC(C)CN)c(C)n1)C(C)(C)C. The molecule has 0 aliphatic heterocycles. The van der Waals surface area contributed by atoms with Crippen molar-refractivity contribution >= 4 is 0 Å². The van der Waals surface area contributed by atoms with Crippen molar-refractivity contribution in [2.75, 3.05) is 13.2 Å². The van der Waals surface area contributed by atoms with Crippen LogP contribution in [0.1, 0.15) is 63.5 Å². The van der Waals surface area contributed by atoms with Crippen LogP contribution in [0.3, 0.4) is 0 Å². The lowest BCUT2D eigenvalue weighted by atomic mass is 9.88. The van der Waals surface area contributed by atoms with Gasteiger partial charge in [-0.05, 0) is 50.6 Å². The zero-order valence-corrected chi connectivity index (χ0v) is 14.7. The molecule has 1 aromatic heterocycles. The molecule has 0 fully saturated rings. The fourth-order valence-corrected chi connectivity index (χ4v) is 2.49. The molecule has 0 radical (unpaired) electrons. The summed E-state index contributed by atoms with van der Waals surface area (Å²) in [5.74, 6) is 1.24. The average Bonchev–Trinajstić information content (AvgIpc) is 2.38. The fraction of sp³-hybridized carbons (Fsp3) is 0.765. The van der Waals surface area contributed by atoms with Gasteiger partial charge in [0.15, 0.2) is 5.82 Å². The third kappa shape index (κ3) is 4.75. The molecule has 2 N–H and O–H groups in total. The fourth-order valence-electron chi connectivity index (χ4n) is 2.49. The van der Waals surface area contributed by atoms with Crippen LogP contribution in [0.2, 0.25) is 0 Å². The van der Waals surface area contributed by atoms with Crippen LogP contribution in [0.15, 0.2) is 0 Å². The Hall–Kier alpha value is -1.00. The Balaban J connectivity index is 3.17. The van der Waals surface area contributed by atoms with Gasteiger partial charge in [-0.2, -0.15) is 0 Å². The number of aromatic nitrogens is 2. The Bertz CT molecular complexity index is 443. The van der Waals surface area contributed by atoms with Gasteiger partial charge in [0.25, 0.3) is 0 Å². The molecule has 2 atom stereocenters. The van der Waals surface area contributed by atoms with Crippen LogP contribution in [-0.2, 0) is 11.2 Å². The van der Waals surface area contributed by atoms with E-state index in [-0.39, 0.29) is 11.5 Å². The molecule has 1 rings (SSSR count). The molecule has 0 saturated heterocycles. The van der Waals surface area contributed by atoms with E-state index in [1.807, 2.05) is 6.92 Å². The first kappa shape index (κ1) is 18.1. The maximum atomic E-state index is 5.90. The zero-order valence-electron chi connectivity index (χ0n) is 14.7. The van der Waals surface area contributed by atoms with Crippen LogP contribution in [0.5, 0.6) is 0 Å². The standard InChI is InChI=1S/C17H31N3O/c1-8-21-15(17(5,6)7)16-19-12(3)14(13(4)20-16)9-11(2)10-18/h11,15H,8-10,18H2,1-7H3. The van der Waals surface area contributed by atoms with Crippen molar-refractivity contribution in [1.29, 1.82) is 0 Å². The zero-order chi connectivity index (χ0) is 16.2. The van der Waals surface area contributed by atoms with Crippen LogP contribution >= 0.6 is 0 Å². The summed E-state index contributed by atoms with van der Waals surface area (Å²) in [6.45, 7) is 16.1. The van der Waals surface area contributed by atoms with Crippen molar-refractivity contribution in [3.8, 4) is 0 Å². The van der Waals surface area contributed by atoms with Gasteiger partial charge < -0.3 is 10.5 Å². The molecule has 0 aromatic carbocycles. The molecule has 2 unspecified atom stereocenters. The summed E-state index contributed by atoms with van der Waals surface area (Å²) in [6, 6.07) is 0. The van der Waals surface area contributed by atoms with E-state index in [1.165, 1.54) is 5.56 Å². The molecular formula is C17H31N3O. The second kappa shape index (κ2) is 7.32. The van der Waals surface area contributed by atoms with Gasteiger partial charge in [-0.25, -0.2) is 9.97 Å². The molecule has 4 heteroatoms. The number of aryl methyl sites for hydroxylation is 2. The van der Waals surface area contributed by atoms with E-state index in [0.717, 1.165) is 23.6 Å². The summed E-state index contributed by atoms with van der Waals surface area (Å²) >= 11 is 0. The molecule has 0 bridgehead atoms. The molecule has 1 heterocycles. The highest BCUT2D eigenvalue weighted by molar-refractivity contribution is 5.25. The summed E-state index contributed by atoms with van der Waals surface area (Å²) in [7, 11) is 0. The third-order valence-electron chi connectivity index (χ3n) is 3.75. The largest absolute Gasteiger partial charge is 0.370 e. The number of ether oxygens (including phenoxy) is 1. The van der Waals surface area contributed by atoms with Crippen LogP contribution in [0.25, 0.3) is 0 Å². The molecular weight excluding hydrogens is 262 g/mol. The highest BCUT2D eigenvalue weighted by Gasteiger charge is 2.30. The van der Waals surface area contributed by atoms with Gasteiger partial charge >= 0.3 is 0 Å². The van der Waals surface area contributed by atoms with Crippen LogP contribution in [0.4, 0.5) is 0 Å². The molecule has 4 nitrogen and oxygen atoms in total. The van der Waals surface area contributed by atoms with Gasteiger partial charge in [-0.1, -0.05) is 27.7 Å². The number of rotatable bonds is 6. The molecule has 1 aromatic rings. The predicted molar refractivity (Wildman–Crippen MR) is 87.3 cm³/mol. The highest BCUT2D eigenvalue weighted by Crippen LogP contribution is 2.34. The van der Waals surface area contributed by atoms with Crippen molar-refractivity contribution in [3.63, 3.8) is 0 Å². The van der Waals surface area contributed by atoms with Crippen molar-refractivity contribution < 1.29 is 4.74 Å². The van der Waals surface area contributed by atoms with Crippen LogP contribution < -0.4 is 5.73 Å². The topological polar surface area (TPSA) is 61.0 Å². The van der Waals surface area contributed by atoms with Crippen LogP contribution in [0, 0.1) is 25.2 Å². The second-order valence-electron chi connectivity index (χ2n) is 6.98. The minimum Gasteiger partial charge on any atom is -0.370 e. The summed E-state index contributed by atoms with van der Waals surface area (Å²) in [4.78, 5) is 9.46. The van der Waals surface area contributed by atoms with E-state index in [4.69, 9.17) is 20.4 Å².